The molecule has 1 aliphatic rings. The van der Waals surface area contributed by atoms with Crippen LogP contribution in [0.3, 0.4) is 0 Å². The molecule has 3 atom stereocenters. The molecule has 17 nitrogen and oxygen atoms in total. The molecule has 45 heavy (non-hydrogen) atoms. The first kappa shape index (κ1) is 38.2. The lowest BCUT2D eigenvalue weighted by molar-refractivity contribution is 0.102. The van der Waals surface area contributed by atoms with E-state index in [1.807, 2.05) is 27.7 Å². The molecule has 1 unspecified atom stereocenters. The van der Waals surface area contributed by atoms with Crippen molar-refractivity contribution in [2.24, 2.45) is 12.8 Å². The Bertz CT molecular complexity index is 1670. The summed E-state index contributed by atoms with van der Waals surface area (Å²) < 4.78 is 69.9. The first-order valence-electron chi connectivity index (χ1n) is 14.1. The number of nitrogens with one attached hydrogen (secondary N) is 2. The summed E-state index contributed by atoms with van der Waals surface area (Å²) in [5, 5.41) is 24.1. The summed E-state index contributed by atoms with van der Waals surface area (Å²) in [4.78, 5) is 20.6. The highest BCUT2D eigenvalue weighted by Crippen LogP contribution is 2.32. The van der Waals surface area contributed by atoms with Crippen LogP contribution in [0, 0.1) is 0 Å². The van der Waals surface area contributed by atoms with Crippen LogP contribution in [0.15, 0.2) is 27.9 Å². The number of rotatable bonds is 9. The highest BCUT2D eigenvalue weighted by atomic mass is 32.3. The monoisotopic (exact) mass is 675 g/mol. The van der Waals surface area contributed by atoms with E-state index in [-0.39, 0.29) is 41.5 Å². The van der Waals surface area contributed by atoms with Gasteiger partial charge in [-0.25, -0.2) is 13.4 Å². The van der Waals surface area contributed by atoms with E-state index in [2.05, 4.69) is 15.4 Å². The Labute approximate surface area is 262 Å². The smallest absolute Gasteiger partial charge is 0.277 e. The van der Waals surface area contributed by atoms with Gasteiger partial charge in [0.05, 0.1) is 35.5 Å². The molecule has 0 spiro atoms. The van der Waals surface area contributed by atoms with E-state index in [0.29, 0.717) is 48.5 Å². The molecule has 1 saturated heterocycles. The van der Waals surface area contributed by atoms with Crippen LogP contribution in [0.2, 0.25) is 0 Å². The van der Waals surface area contributed by atoms with Gasteiger partial charge in [0, 0.05) is 49.2 Å². The Morgan fingerprint density at radius 3 is 2.24 bits per heavy atom. The van der Waals surface area contributed by atoms with Gasteiger partial charge >= 0.3 is 0 Å². The summed E-state index contributed by atoms with van der Waals surface area (Å²) in [6, 6.07) is 4.80. The average molecular weight is 676 g/mol. The van der Waals surface area contributed by atoms with E-state index >= 15 is 0 Å². The number of hydrogen-bond acceptors (Lipinski definition) is 14. The van der Waals surface area contributed by atoms with Gasteiger partial charge in [-0.1, -0.05) is 13.3 Å². The number of H-pyrrole nitrogens is 1. The van der Waals surface area contributed by atoms with Gasteiger partial charge in [0.2, 0.25) is 10.0 Å². The van der Waals surface area contributed by atoms with Gasteiger partial charge in [-0.2, -0.15) is 9.40 Å². The van der Waals surface area contributed by atoms with Gasteiger partial charge in [-0.3, -0.25) is 17.9 Å². The maximum Gasteiger partial charge on any atom is 0.277 e. The minimum absolute atomic E-state index is 0.0451. The number of aromatic amines is 1. The molecular weight excluding hydrogens is 634 g/mol. The summed E-state index contributed by atoms with van der Waals surface area (Å²) in [6.07, 6.45) is 0.805. The number of aryl methyl sites for hydroxylation is 2. The quantitative estimate of drug-likeness (QED) is 0.135. The number of piperazine rings is 1. The molecule has 254 valence electrons. The fourth-order valence-corrected chi connectivity index (χ4v) is 6.26. The number of hydrogen-bond donors (Lipinski definition) is 5. The minimum Gasteiger partial charge on any atom is -0.759 e. The Hall–Kier alpha value is -3.01. The van der Waals surface area contributed by atoms with Crippen molar-refractivity contribution in [1.82, 2.24) is 29.4 Å². The van der Waals surface area contributed by atoms with Crippen LogP contribution in [-0.2, 0) is 33.9 Å². The predicted molar refractivity (Wildman–Crippen MR) is 163 cm³/mol. The van der Waals surface area contributed by atoms with E-state index in [0.717, 1.165) is 12.1 Å². The highest BCUT2D eigenvalue weighted by Gasteiger charge is 2.32. The van der Waals surface area contributed by atoms with Crippen LogP contribution in [-0.4, -0.2) is 111 Å². The molecule has 0 radical (unpaired) electrons. The molecule has 1 fully saturated rings. The van der Waals surface area contributed by atoms with Crippen molar-refractivity contribution in [1.29, 1.82) is 0 Å². The van der Waals surface area contributed by atoms with Crippen LogP contribution in [0.4, 0.5) is 0 Å². The molecule has 4 rings (SSSR count). The fourth-order valence-electron chi connectivity index (χ4n) is 4.61. The Balaban J connectivity index is 0.000000551. The Morgan fingerprint density at radius 1 is 1.16 bits per heavy atom. The van der Waals surface area contributed by atoms with Gasteiger partial charge in [0.15, 0.2) is 5.52 Å². The number of aromatic nitrogens is 4. The van der Waals surface area contributed by atoms with E-state index in [9.17, 15) is 13.2 Å². The van der Waals surface area contributed by atoms with Crippen LogP contribution in [0.1, 0.15) is 39.8 Å². The summed E-state index contributed by atoms with van der Waals surface area (Å²) in [7, 11) is -7.21. The minimum atomic E-state index is -5.17. The van der Waals surface area contributed by atoms with E-state index in [1.165, 1.54) is 15.1 Å². The van der Waals surface area contributed by atoms with Crippen molar-refractivity contribution in [3.8, 4) is 17.1 Å². The van der Waals surface area contributed by atoms with Crippen LogP contribution < -0.4 is 21.3 Å². The van der Waals surface area contributed by atoms with Gasteiger partial charge in [0.25, 0.3) is 5.56 Å². The van der Waals surface area contributed by atoms with Crippen molar-refractivity contribution in [3.05, 3.63) is 34.2 Å². The van der Waals surface area contributed by atoms with Gasteiger partial charge in [0.1, 0.15) is 17.1 Å². The summed E-state index contributed by atoms with van der Waals surface area (Å²) in [5.41, 5.74) is 6.60. The number of ether oxygens (including phenoxy) is 1. The molecule has 0 aliphatic carbocycles. The topological polar surface area (TPSA) is 269 Å². The number of nitrogens with two attached hydrogens (primary N) is 1. The predicted octanol–water partition coefficient (Wildman–Crippen LogP) is -0.994. The van der Waals surface area contributed by atoms with Gasteiger partial charge in [-0.05, 0) is 45.4 Å². The second kappa shape index (κ2) is 16.5. The molecule has 0 amide bonds. The van der Waals surface area contributed by atoms with Crippen molar-refractivity contribution in [2.75, 3.05) is 32.8 Å². The number of aliphatic hydroxyl groups is 2. The zero-order chi connectivity index (χ0) is 34.1. The zero-order valence-corrected chi connectivity index (χ0v) is 27.4. The third-order valence-corrected chi connectivity index (χ3v) is 8.23. The Kier molecular flexibility index (Phi) is 14.0. The van der Waals surface area contributed by atoms with Crippen molar-refractivity contribution >= 4 is 31.5 Å². The standard InChI is InChI=1S/C23H32N6O4S.C3H9NO2.H2O4S/c1-6-8-18-20-21(28(5)27-18)23(30)26-22(25-20)17-11-16(9-10-19(17)33-7-2)34(31,32)29-12-14(3)24-15(4)13-29;4-1-3(6)2-5;1-5(2,3)4/h9-11,14-15,24H,6-8,12-13H2,1-5H3,(H,25,26,30);3,5-6H,1-2,4H2;(H2,1,2,3,4)/p-2/t14-,15+;;. The summed E-state index contributed by atoms with van der Waals surface area (Å²) in [6.45, 7) is 8.85. The molecule has 1 aromatic carbocycles. The number of benzene rings is 1. The number of fused-ring (bicyclic) bond motifs is 1. The molecule has 3 heterocycles. The molecular formula is C26H41N7O10S2-2. The number of sulfonamides is 1. The second-order valence-electron chi connectivity index (χ2n) is 10.3. The van der Waals surface area contributed by atoms with Crippen LogP contribution in [0.25, 0.3) is 22.4 Å². The SMILES string of the molecule is CCCc1nn(C)c2c(=O)[nH]c(-c3cc(S(=O)(=O)N4C[C@@H](C)N[C@@H](C)C4)ccc3OCC)nc12.NCC(O)CO.O=S(=O)([O-])[O-]. The second-order valence-corrected chi connectivity index (χ2v) is 13.0. The lowest BCUT2D eigenvalue weighted by atomic mass is 10.1. The zero-order valence-electron chi connectivity index (χ0n) is 25.8. The van der Waals surface area contributed by atoms with E-state index in [4.69, 9.17) is 43.2 Å². The van der Waals surface area contributed by atoms with Gasteiger partial charge < -0.3 is 40.1 Å². The summed E-state index contributed by atoms with van der Waals surface area (Å²) in [5.74, 6) is 0.706. The van der Waals surface area contributed by atoms with Gasteiger partial charge in [-0.15, -0.1) is 0 Å². The average Bonchev–Trinajstić information content (AvgIpc) is 3.27. The van der Waals surface area contributed by atoms with Crippen LogP contribution >= 0.6 is 0 Å². The molecule has 6 N–H and O–H groups in total. The highest BCUT2D eigenvalue weighted by molar-refractivity contribution is 7.89. The van der Waals surface area contributed by atoms with Crippen molar-refractivity contribution in [3.63, 3.8) is 0 Å². The van der Waals surface area contributed by atoms with E-state index in [1.54, 1.807) is 19.2 Å². The summed E-state index contributed by atoms with van der Waals surface area (Å²) >= 11 is 0. The first-order valence-corrected chi connectivity index (χ1v) is 16.9. The molecule has 19 heteroatoms. The largest absolute Gasteiger partial charge is 0.759 e. The van der Waals surface area contributed by atoms with E-state index < -0.39 is 26.5 Å². The molecule has 3 aromatic rings. The lowest BCUT2D eigenvalue weighted by Gasteiger charge is -2.35. The molecule has 2 aromatic heterocycles. The third-order valence-electron chi connectivity index (χ3n) is 6.40. The number of aliphatic hydroxyl groups excluding tert-OH is 2. The molecule has 0 saturated carbocycles. The lowest BCUT2D eigenvalue weighted by Crippen LogP contribution is -2.55. The van der Waals surface area contributed by atoms with Crippen molar-refractivity contribution < 1.29 is 40.9 Å². The maximum atomic E-state index is 13.5. The van der Waals surface area contributed by atoms with Crippen molar-refractivity contribution in [2.45, 2.75) is 63.6 Å². The fraction of sp³-hybridized carbons (Fsp3) is 0.577. The maximum absolute atomic E-state index is 13.5. The molecule has 1 aliphatic heterocycles. The first-order chi connectivity index (χ1) is 21.0. The normalized spacial score (nSPS) is 18.0. The molecule has 0 bridgehead atoms. The Morgan fingerprint density at radius 2 is 1.76 bits per heavy atom. The third kappa shape index (κ3) is 10.8. The van der Waals surface area contributed by atoms with Crippen LogP contribution in [0.5, 0.6) is 5.75 Å². The number of nitrogens with zero attached hydrogens (tertiary/aromatic N) is 4.